The number of hydrogen-bond donors (Lipinski definition) is 2. The molecule has 1 aromatic rings. The molecule has 0 aromatic carbocycles. The molecule has 2 heterocycles. The maximum absolute atomic E-state index is 13.1. The molecule has 1 unspecified atom stereocenters. The number of thiazole rings is 1. The maximum Gasteiger partial charge on any atom is 0.226 e. The molecule has 7 heteroatoms. The second-order valence-electron chi connectivity index (χ2n) is 9.00. The Kier molecular flexibility index (Phi) is 6.21. The molecule has 150 valence electrons. The van der Waals surface area contributed by atoms with E-state index in [2.05, 4.69) is 24.1 Å². The molecule has 6 nitrogen and oxygen atoms in total. The molecule has 0 spiro atoms. The predicted molar refractivity (Wildman–Crippen MR) is 108 cm³/mol. The number of nitrogens with zero attached hydrogens (tertiary/aromatic N) is 2. The summed E-state index contributed by atoms with van der Waals surface area (Å²) in [6, 6.07) is 0.134. The number of nitrogens with two attached hydrogens (primary N) is 1. The highest BCUT2D eigenvalue weighted by Gasteiger charge is 2.40. The van der Waals surface area contributed by atoms with Gasteiger partial charge < -0.3 is 16.0 Å². The second-order valence-corrected chi connectivity index (χ2v) is 9.89. The van der Waals surface area contributed by atoms with Crippen molar-refractivity contribution in [3.05, 3.63) is 11.6 Å². The van der Waals surface area contributed by atoms with Gasteiger partial charge in [-0.15, -0.1) is 11.3 Å². The van der Waals surface area contributed by atoms with E-state index in [-0.39, 0.29) is 28.7 Å². The van der Waals surface area contributed by atoms with Crippen LogP contribution in [-0.4, -0.2) is 40.8 Å². The molecule has 1 atom stereocenters. The summed E-state index contributed by atoms with van der Waals surface area (Å²) in [4.78, 5) is 31.8. The summed E-state index contributed by atoms with van der Waals surface area (Å²) in [7, 11) is 0. The van der Waals surface area contributed by atoms with Gasteiger partial charge in [0.2, 0.25) is 11.8 Å². The Hall–Kier alpha value is -1.47. The molecular weight excluding hydrogens is 360 g/mol. The minimum atomic E-state index is -0.222. The number of aromatic nitrogens is 1. The van der Waals surface area contributed by atoms with E-state index in [4.69, 9.17) is 5.73 Å². The number of carbonyl (C=O) groups is 2. The fourth-order valence-corrected chi connectivity index (χ4v) is 5.07. The standard InChI is InChI=1S/C20H32N4O2S/c1-19(2)14-24(10-6-15(19)21)17(26)13-20(7-4-3-5-8-20)12-16(25)23-18-22-9-11-27-18/h9,11,15H,3-8,10,12-14,21H2,1-2H3,(H,22,23,25). The van der Waals surface area contributed by atoms with E-state index in [9.17, 15) is 9.59 Å². The molecule has 1 saturated heterocycles. The van der Waals surface area contributed by atoms with Crippen molar-refractivity contribution in [1.29, 1.82) is 0 Å². The van der Waals surface area contributed by atoms with Crippen LogP contribution in [0.2, 0.25) is 0 Å². The quantitative estimate of drug-likeness (QED) is 0.804. The van der Waals surface area contributed by atoms with Gasteiger partial charge in [0.15, 0.2) is 5.13 Å². The van der Waals surface area contributed by atoms with E-state index in [1.165, 1.54) is 17.8 Å². The van der Waals surface area contributed by atoms with Gasteiger partial charge in [0.05, 0.1) is 0 Å². The molecule has 2 amide bonds. The van der Waals surface area contributed by atoms with Crippen molar-refractivity contribution in [1.82, 2.24) is 9.88 Å². The van der Waals surface area contributed by atoms with Crippen molar-refractivity contribution >= 4 is 28.3 Å². The van der Waals surface area contributed by atoms with Crippen molar-refractivity contribution in [3.63, 3.8) is 0 Å². The van der Waals surface area contributed by atoms with Gasteiger partial charge in [-0.3, -0.25) is 9.59 Å². The summed E-state index contributed by atoms with van der Waals surface area (Å²) in [5.74, 6) is 0.152. The minimum absolute atomic E-state index is 0.0272. The van der Waals surface area contributed by atoms with Crippen molar-refractivity contribution in [2.24, 2.45) is 16.6 Å². The molecule has 1 saturated carbocycles. The van der Waals surface area contributed by atoms with E-state index in [1.54, 1.807) is 6.20 Å². The number of hydrogen-bond acceptors (Lipinski definition) is 5. The number of likely N-dealkylation sites (tertiary alicyclic amines) is 1. The Balaban J connectivity index is 1.65. The van der Waals surface area contributed by atoms with Crippen molar-refractivity contribution < 1.29 is 9.59 Å². The third-order valence-corrected chi connectivity index (χ3v) is 7.01. The lowest BCUT2D eigenvalue weighted by Crippen LogP contribution is -2.54. The Morgan fingerprint density at radius 1 is 1.30 bits per heavy atom. The van der Waals surface area contributed by atoms with Crippen molar-refractivity contribution in [2.45, 2.75) is 71.3 Å². The molecular formula is C20H32N4O2S. The predicted octanol–water partition coefficient (Wildman–Crippen LogP) is 3.40. The highest BCUT2D eigenvalue weighted by molar-refractivity contribution is 7.13. The first-order valence-electron chi connectivity index (χ1n) is 10.0. The lowest BCUT2D eigenvalue weighted by Gasteiger charge is -2.44. The van der Waals surface area contributed by atoms with Crippen LogP contribution in [0.3, 0.4) is 0 Å². The Bertz CT molecular complexity index is 653. The third-order valence-electron chi connectivity index (χ3n) is 6.32. The van der Waals surface area contributed by atoms with Gasteiger partial charge in [0, 0.05) is 43.5 Å². The van der Waals surface area contributed by atoms with E-state index < -0.39 is 0 Å². The summed E-state index contributed by atoms with van der Waals surface area (Å²) >= 11 is 1.42. The molecule has 3 N–H and O–H groups in total. The maximum atomic E-state index is 13.1. The van der Waals surface area contributed by atoms with Gasteiger partial charge in [-0.2, -0.15) is 0 Å². The van der Waals surface area contributed by atoms with E-state index in [1.807, 2.05) is 10.3 Å². The molecule has 0 radical (unpaired) electrons. The first kappa shape index (κ1) is 20.3. The third kappa shape index (κ3) is 5.08. The van der Waals surface area contributed by atoms with Crippen molar-refractivity contribution in [2.75, 3.05) is 18.4 Å². The Morgan fingerprint density at radius 2 is 2.04 bits per heavy atom. The molecule has 3 rings (SSSR count). The SMILES string of the molecule is CC1(C)CN(C(=O)CC2(CC(=O)Nc3nccs3)CCCCC2)CCC1N. The van der Waals surface area contributed by atoms with Crippen LogP contribution < -0.4 is 11.1 Å². The van der Waals surface area contributed by atoms with Gasteiger partial charge in [0.25, 0.3) is 0 Å². The first-order valence-corrected chi connectivity index (χ1v) is 10.9. The van der Waals surface area contributed by atoms with Gasteiger partial charge >= 0.3 is 0 Å². The number of anilines is 1. The molecule has 0 bridgehead atoms. The van der Waals surface area contributed by atoms with Gasteiger partial charge in [-0.25, -0.2) is 4.98 Å². The molecule has 1 aliphatic heterocycles. The highest BCUT2D eigenvalue weighted by atomic mass is 32.1. The highest BCUT2D eigenvalue weighted by Crippen LogP contribution is 2.43. The number of carbonyl (C=O) groups excluding carboxylic acids is 2. The molecule has 27 heavy (non-hydrogen) atoms. The second kappa shape index (κ2) is 8.27. The van der Waals surface area contributed by atoms with E-state index in [0.29, 0.717) is 24.5 Å². The zero-order valence-corrected chi connectivity index (χ0v) is 17.3. The molecule has 2 aliphatic rings. The van der Waals surface area contributed by atoms with Crippen molar-refractivity contribution in [3.8, 4) is 0 Å². The summed E-state index contributed by atoms with van der Waals surface area (Å²) in [5, 5.41) is 5.37. The zero-order valence-electron chi connectivity index (χ0n) is 16.5. The van der Waals surface area contributed by atoms with Crippen LogP contribution in [0.1, 0.15) is 65.2 Å². The fourth-order valence-electron chi connectivity index (χ4n) is 4.53. The summed E-state index contributed by atoms with van der Waals surface area (Å²) < 4.78 is 0. The van der Waals surface area contributed by atoms with Crippen LogP contribution in [-0.2, 0) is 9.59 Å². The summed E-state index contributed by atoms with van der Waals surface area (Å²) in [5.41, 5.74) is 5.94. The summed E-state index contributed by atoms with van der Waals surface area (Å²) in [6.07, 6.45) is 8.65. The fraction of sp³-hybridized carbons (Fsp3) is 0.750. The largest absolute Gasteiger partial charge is 0.342 e. The summed E-state index contributed by atoms with van der Waals surface area (Å²) in [6.45, 7) is 5.70. The smallest absolute Gasteiger partial charge is 0.226 e. The molecule has 1 aromatic heterocycles. The van der Waals surface area contributed by atoms with E-state index in [0.717, 1.165) is 38.6 Å². The lowest BCUT2D eigenvalue weighted by atomic mass is 9.69. The van der Waals surface area contributed by atoms with Crippen LogP contribution in [0.4, 0.5) is 5.13 Å². The molecule has 1 aliphatic carbocycles. The van der Waals surface area contributed by atoms with Crippen LogP contribution in [0.5, 0.6) is 0 Å². The van der Waals surface area contributed by atoms with Crippen LogP contribution in [0.15, 0.2) is 11.6 Å². The molecule has 2 fully saturated rings. The van der Waals surface area contributed by atoms with Crippen LogP contribution in [0, 0.1) is 10.8 Å². The van der Waals surface area contributed by atoms with Crippen LogP contribution >= 0.6 is 11.3 Å². The first-order chi connectivity index (χ1) is 12.8. The van der Waals surface area contributed by atoms with Crippen LogP contribution in [0.25, 0.3) is 0 Å². The topological polar surface area (TPSA) is 88.3 Å². The average Bonchev–Trinajstić information content (AvgIpc) is 3.10. The van der Waals surface area contributed by atoms with Gasteiger partial charge in [-0.1, -0.05) is 33.1 Å². The lowest BCUT2D eigenvalue weighted by molar-refractivity contribution is -0.138. The Morgan fingerprint density at radius 3 is 2.67 bits per heavy atom. The monoisotopic (exact) mass is 392 g/mol. The Labute approximate surface area is 165 Å². The average molecular weight is 393 g/mol. The number of rotatable bonds is 5. The normalized spacial score (nSPS) is 24.4. The van der Waals surface area contributed by atoms with Gasteiger partial charge in [0.1, 0.15) is 0 Å². The number of amides is 2. The minimum Gasteiger partial charge on any atom is -0.342 e. The number of nitrogens with one attached hydrogen (secondary N) is 1. The van der Waals surface area contributed by atoms with Gasteiger partial charge in [-0.05, 0) is 30.1 Å². The van der Waals surface area contributed by atoms with E-state index >= 15 is 0 Å². The zero-order chi connectivity index (χ0) is 19.5. The number of piperidine rings is 1.